The fourth-order valence-corrected chi connectivity index (χ4v) is 2.90. The zero-order valence-electron chi connectivity index (χ0n) is 11.8. The van der Waals surface area contributed by atoms with Gasteiger partial charge in [0.05, 0.1) is 0 Å². The molecule has 0 saturated heterocycles. The Morgan fingerprint density at radius 2 is 1.67 bits per heavy atom. The molecule has 92 valence electrons. The molecule has 0 aromatic heterocycles. The van der Waals surface area contributed by atoms with Crippen molar-refractivity contribution >= 4 is 8.32 Å². The van der Waals surface area contributed by atoms with Crippen molar-refractivity contribution in [3.63, 3.8) is 0 Å². The van der Waals surface area contributed by atoms with Gasteiger partial charge in [-0.1, -0.05) is 47.0 Å². The predicted molar refractivity (Wildman–Crippen MR) is 71.9 cm³/mol. The Kier molecular flexibility index (Phi) is 6.12. The minimum absolute atomic E-state index is 0.339. The van der Waals surface area contributed by atoms with Gasteiger partial charge in [-0.15, -0.1) is 0 Å². The molecule has 0 aliphatic rings. The third-order valence-corrected chi connectivity index (χ3v) is 8.12. The van der Waals surface area contributed by atoms with Crippen LogP contribution in [0, 0.1) is 0 Å². The van der Waals surface area contributed by atoms with Gasteiger partial charge in [-0.25, -0.2) is 0 Å². The monoisotopic (exact) mass is 230 g/mol. The fourth-order valence-electron chi connectivity index (χ4n) is 1.42. The van der Waals surface area contributed by atoms with Crippen LogP contribution >= 0.6 is 0 Å². The lowest BCUT2D eigenvalue weighted by Crippen LogP contribution is -2.43. The zero-order valence-corrected chi connectivity index (χ0v) is 12.8. The van der Waals surface area contributed by atoms with Crippen LogP contribution in [0.15, 0.2) is 0 Å². The minimum atomic E-state index is -1.53. The van der Waals surface area contributed by atoms with E-state index in [2.05, 4.69) is 47.7 Å². The molecule has 0 N–H and O–H groups in total. The summed E-state index contributed by atoms with van der Waals surface area (Å²) in [6.07, 6.45) is 5.61. The highest BCUT2D eigenvalue weighted by atomic mass is 28.4. The maximum Gasteiger partial charge on any atom is 0.192 e. The van der Waals surface area contributed by atoms with Gasteiger partial charge in [-0.05, 0) is 31.5 Å². The molecule has 0 bridgehead atoms. The SMILES string of the molecule is CCCCCC(C)O[Si](C)(C)C(C)(C)C. The molecule has 0 rings (SSSR count). The van der Waals surface area contributed by atoms with E-state index in [1.54, 1.807) is 0 Å². The Bertz CT molecular complexity index is 170. The Morgan fingerprint density at radius 3 is 2.07 bits per heavy atom. The molecule has 0 aliphatic carbocycles. The first-order chi connectivity index (χ1) is 6.70. The van der Waals surface area contributed by atoms with Crippen LogP contribution in [0.4, 0.5) is 0 Å². The number of hydrogen-bond donors (Lipinski definition) is 0. The van der Waals surface area contributed by atoms with E-state index < -0.39 is 8.32 Å². The maximum atomic E-state index is 6.29. The van der Waals surface area contributed by atoms with Crippen LogP contribution in [-0.4, -0.2) is 14.4 Å². The van der Waals surface area contributed by atoms with E-state index in [1.165, 1.54) is 25.7 Å². The number of unbranched alkanes of at least 4 members (excludes halogenated alkanes) is 2. The van der Waals surface area contributed by atoms with E-state index in [-0.39, 0.29) is 0 Å². The third-order valence-electron chi connectivity index (χ3n) is 3.52. The van der Waals surface area contributed by atoms with Crippen molar-refractivity contribution in [3.05, 3.63) is 0 Å². The van der Waals surface area contributed by atoms with Crippen LogP contribution in [0.25, 0.3) is 0 Å². The van der Waals surface area contributed by atoms with Crippen LogP contribution in [0.5, 0.6) is 0 Å². The van der Waals surface area contributed by atoms with Crippen molar-refractivity contribution in [2.75, 3.05) is 0 Å². The molecule has 0 spiro atoms. The van der Waals surface area contributed by atoms with E-state index in [0.717, 1.165) is 0 Å². The molecule has 0 aromatic rings. The quantitative estimate of drug-likeness (QED) is 0.462. The van der Waals surface area contributed by atoms with E-state index in [4.69, 9.17) is 4.43 Å². The summed E-state index contributed by atoms with van der Waals surface area (Å²) in [5, 5.41) is 0.339. The molecule has 0 aliphatic heterocycles. The topological polar surface area (TPSA) is 9.23 Å². The summed E-state index contributed by atoms with van der Waals surface area (Å²) in [5.74, 6) is 0. The van der Waals surface area contributed by atoms with Gasteiger partial charge in [-0.2, -0.15) is 0 Å². The average Bonchev–Trinajstić information content (AvgIpc) is 2.01. The Morgan fingerprint density at radius 1 is 1.13 bits per heavy atom. The zero-order chi connectivity index (χ0) is 12.1. The normalized spacial score (nSPS) is 15.4. The molecule has 1 nitrogen and oxygen atoms in total. The standard InChI is InChI=1S/C13H30OSi/c1-8-9-10-11-12(2)14-15(6,7)13(3,4)5/h12H,8-11H2,1-7H3. The highest BCUT2D eigenvalue weighted by molar-refractivity contribution is 6.74. The van der Waals surface area contributed by atoms with E-state index >= 15 is 0 Å². The molecule has 0 radical (unpaired) electrons. The second kappa shape index (κ2) is 6.05. The lowest BCUT2D eigenvalue weighted by atomic mass is 10.1. The van der Waals surface area contributed by atoms with Gasteiger partial charge in [0.1, 0.15) is 0 Å². The third kappa shape index (κ3) is 5.72. The van der Waals surface area contributed by atoms with E-state index in [9.17, 15) is 0 Å². The molecule has 0 aromatic carbocycles. The second-order valence-corrected chi connectivity index (χ2v) is 10.9. The molecule has 1 atom stereocenters. The lowest BCUT2D eigenvalue weighted by Gasteiger charge is -2.38. The Hall–Kier alpha value is 0.177. The lowest BCUT2D eigenvalue weighted by molar-refractivity contribution is 0.185. The van der Waals surface area contributed by atoms with Gasteiger partial charge in [0.15, 0.2) is 8.32 Å². The number of hydrogen-bond acceptors (Lipinski definition) is 1. The van der Waals surface area contributed by atoms with E-state index in [0.29, 0.717) is 11.1 Å². The van der Waals surface area contributed by atoms with Gasteiger partial charge in [0.25, 0.3) is 0 Å². The van der Waals surface area contributed by atoms with Crippen molar-refractivity contribution in [2.24, 2.45) is 0 Å². The summed E-state index contributed by atoms with van der Waals surface area (Å²) in [6.45, 7) is 16.1. The molecule has 0 saturated carbocycles. The molecule has 0 amide bonds. The fraction of sp³-hybridized carbons (Fsp3) is 1.00. The van der Waals surface area contributed by atoms with Crippen molar-refractivity contribution < 1.29 is 4.43 Å². The molecule has 0 fully saturated rings. The van der Waals surface area contributed by atoms with E-state index in [1.807, 2.05) is 0 Å². The summed E-state index contributed by atoms with van der Waals surface area (Å²) < 4.78 is 6.29. The van der Waals surface area contributed by atoms with Crippen molar-refractivity contribution in [1.29, 1.82) is 0 Å². The van der Waals surface area contributed by atoms with Crippen LogP contribution < -0.4 is 0 Å². The summed E-state index contributed by atoms with van der Waals surface area (Å²) in [4.78, 5) is 0. The predicted octanol–water partition coefficient (Wildman–Crippen LogP) is 4.98. The Balaban J connectivity index is 3.99. The Labute approximate surface area is 97.7 Å². The average molecular weight is 230 g/mol. The summed E-state index contributed by atoms with van der Waals surface area (Å²) in [6, 6.07) is 0. The first kappa shape index (κ1) is 15.2. The van der Waals surface area contributed by atoms with Crippen molar-refractivity contribution in [2.45, 2.75) is 84.5 Å². The van der Waals surface area contributed by atoms with Gasteiger partial charge in [0, 0.05) is 6.10 Å². The van der Waals surface area contributed by atoms with Gasteiger partial charge in [-0.3, -0.25) is 0 Å². The number of rotatable bonds is 6. The van der Waals surface area contributed by atoms with Crippen molar-refractivity contribution in [3.8, 4) is 0 Å². The van der Waals surface area contributed by atoms with Crippen LogP contribution in [-0.2, 0) is 4.43 Å². The van der Waals surface area contributed by atoms with Gasteiger partial charge in [0.2, 0.25) is 0 Å². The summed E-state index contributed by atoms with van der Waals surface area (Å²) in [5.41, 5.74) is 0. The highest BCUT2D eigenvalue weighted by Gasteiger charge is 2.38. The second-order valence-electron chi connectivity index (χ2n) is 6.18. The maximum absolute atomic E-state index is 6.29. The first-order valence-corrected chi connectivity index (χ1v) is 9.29. The smallest absolute Gasteiger partial charge is 0.192 e. The minimum Gasteiger partial charge on any atom is -0.414 e. The molecule has 15 heavy (non-hydrogen) atoms. The molecule has 1 unspecified atom stereocenters. The van der Waals surface area contributed by atoms with Gasteiger partial charge >= 0.3 is 0 Å². The van der Waals surface area contributed by atoms with Gasteiger partial charge < -0.3 is 4.43 Å². The molecular formula is C13H30OSi. The summed E-state index contributed by atoms with van der Waals surface area (Å²) >= 11 is 0. The molecule has 0 heterocycles. The molecular weight excluding hydrogens is 200 g/mol. The summed E-state index contributed by atoms with van der Waals surface area (Å²) in [7, 11) is -1.53. The van der Waals surface area contributed by atoms with Crippen LogP contribution in [0.2, 0.25) is 18.1 Å². The van der Waals surface area contributed by atoms with Crippen LogP contribution in [0.1, 0.15) is 60.3 Å². The van der Waals surface area contributed by atoms with Crippen molar-refractivity contribution in [1.82, 2.24) is 0 Å². The largest absolute Gasteiger partial charge is 0.414 e. The first-order valence-electron chi connectivity index (χ1n) is 6.38. The molecule has 2 heteroatoms. The highest BCUT2D eigenvalue weighted by Crippen LogP contribution is 2.37. The van der Waals surface area contributed by atoms with Crippen LogP contribution in [0.3, 0.4) is 0 Å².